The molecular weight excluding hydrogens is 322 g/mol. The Morgan fingerprint density at radius 2 is 2.12 bits per heavy atom. The molecule has 3 rings (SSSR count). The quantitative estimate of drug-likeness (QED) is 0.387. The summed E-state index contributed by atoms with van der Waals surface area (Å²) in [6.45, 7) is 9.01. The van der Waals surface area contributed by atoms with Gasteiger partial charge in [0.2, 0.25) is 5.91 Å². The van der Waals surface area contributed by atoms with Crippen LogP contribution in [0.4, 0.5) is 0 Å². The van der Waals surface area contributed by atoms with E-state index in [1.807, 2.05) is 38.1 Å². The van der Waals surface area contributed by atoms with E-state index in [-0.39, 0.29) is 5.91 Å². The van der Waals surface area contributed by atoms with Gasteiger partial charge in [0, 0.05) is 18.5 Å². The summed E-state index contributed by atoms with van der Waals surface area (Å²) in [6, 6.07) is 7.75. The Bertz CT molecular complexity index is 904. The second-order valence-corrected chi connectivity index (χ2v) is 6.57. The topological polar surface area (TPSA) is 59.2 Å². The number of para-hydroxylation sites is 1. The van der Waals surface area contributed by atoms with Gasteiger partial charge < -0.3 is 9.32 Å². The highest BCUT2D eigenvalue weighted by Gasteiger charge is 2.16. The van der Waals surface area contributed by atoms with Crippen LogP contribution < -0.4 is 0 Å². The summed E-state index contributed by atoms with van der Waals surface area (Å²) in [5, 5.41) is 1.65. The number of benzene rings is 1. The van der Waals surface area contributed by atoms with Crippen molar-refractivity contribution in [3.05, 3.63) is 42.7 Å². The summed E-state index contributed by atoms with van der Waals surface area (Å²) in [7, 11) is 0. The van der Waals surface area contributed by atoms with Gasteiger partial charge in [-0.05, 0) is 26.0 Å². The molecule has 2 heterocycles. The summed E-state index contributed by atoms with van der Waals surface area (Å²) in [5.74, 6) is 0.373. The molecule has 0 bridgehead atoms. The number of carbonyl (C=O) groups is 1. The van der Waals surface area contributed by atoms with Crippen molar-refractivity contribution in [2.24, 2.45) is 0 Å². The maximum Gasteiger partial charge on any atom is 0.233 e. The molecule has 0 unspecified atom stereocenters. The number of aromatic nitrogens is 2. The lowest BCUT2D eigenvalue weighted by atomic mass is 10.2. The Morgan fingerprint density at radius 3 is 2.88 bits per heavy atom. The largest absolute Gasteiger partial charge is 0.451 e. The number of fused-ring (bicyclic) bond motifs is 3. The number of amides is 1. The molecule has 1 amide bonds. The number of hydrogen-bond donors (Lipinski definition) is 0. The van der Waals surface area contributed by atoms with Crippen molar-refractivity contribution in [1.29, 1.82) is 0 Å². The number of hydrogen-bond acceptors (Lipinski definition) is 5. The Kier molecular flexibility index (Phi) is 4.85. The van der Waals surface area contributed by atoms with Crippen molar-refractivity contribution in [2.75, 3.05) is 18.8 Å². The fraction of sp³-hybridized carbons (Fsp3) is 0.278. The van der Waals surface area contributed by atoms with Crippen molar-refractivity contribution >= 4 is 39.7 Å². The first-order chi connectivity index (χ1) is 11.6. The van der Waals surface area contributed by atoms with E-state index in [1.54, 1.807) is 4.90 Å². The number of rotatable bonds is 6. The van der Waals surface area contributed by atoms with Crippen LogP contribution >= 0.6 is 11.8 Å². The van der Waals surface area contributed by atoms with Crippen LogP contribution in [0.3, 0.4) is 0 Å². The van der Waals surface area contributed by atoms with Crippen molar-refractivity contribution in [2.45, 2.75) is 18.9 Å². The minimum atomic E-state index is 0.0633. The Morgan fingerprint density at radius 1 is 1.33 bits per heavy atom. The molecule has 0 atom stereocenters. The molecule has 0 saturated carbocycles. The van der Waals surface area contributed by atoms with Gasteiger partial charge in [0.25, 0.3) is 0 Å². The van der Waals surface area contributed by atoms with E-state index < -0.39 is 0 Å². The standard InChI is InChI=1S/C18H19N3O2S/c1-4-21(9-12(2)3)15(22)10-24-18-17-16(19-11-20-18)13-7-5-6-8-14(13)23-17/h5-8,11H,2,4,9-10H2,1,3H3. The number of nitrogens with zero attached hydrogens (tertiary/aromatic N) is 3. The van der Waals surface area contributed by atoms with E-state index >= 15 is 0 Å². The van der Waals surface area contributed by atoms with E-state index in [2.05, 4.69) is 16.5 Å². The SMILES string of the molecule is C=C(C)CN(CC)C(=O)CSc1ncnc2c1oc1ccccc12. The molecule has 6 heteroatoms. The van der Waals surface area contributed by atoms with Gasteiger partial charge in [-0.2, -0.15) is 0 Å². The Hall–Kier alpha value is -2.34. The van der Waals surface area contributed by atoms with Crippen LogP contribution in [-0.4, -0.2) is 39.6 Å². The van der Waals surface area contributed by atoms with Crippen LogP contribution in [-0.2, 0) is 4.79 Å². The number of likely N-dealkylation sites (N-methyl/N-ethyl adjacent to an activating group) is 1. The van der Waals surface area contributed by atoms with Gasteiger partial charge in [-0.3, -0.25) is 4.79 Å². The van der Waals surface area contributed by atoms with Crippen LogP contribution in [0.5, 0.6) is 0 Å². The van der Waals surface area contributed by atoms with E-state index in [9.17, 15) is 4.79 Å². The smallest absolute Gasteiger partial charge is 0.233 e. The zero-order valence-electron chi connectivity index (χ0n) is 13.8. The van der Waals surface area contributed by atoms with Gasteiger partial charge in [0.15, 0.2) is 5.58 Å². The molecule has 0 radical (unpaired) electrons. The molecule has 0 fully saturated rings. The van der Waals surface area contributed by atoms with E-state index in [0.29, 0.717) is 29.5 Å². The number of furan rings is 1. The number of carbonyl (C=O) groups excluding carboxylic acids is 1. The minimum absolute atomic E-state index is 0.0633. The molecule has 24 heavy (non-hydrogen) atoms. The first-order valence-electron chi connectivity index (χ1n) is 7.77. The van der Waals surface area contributed by atoms with Crippen molar-refractivity contribution in [1.82, 2.24) is 14.9 Å². The molecule has 0 aliphatic carbocycles. The fourth-order valence-electron chi connectivity index (χ4n) is 2.53. The van der Waals surface area contributed by atoms with E-state index in [0.717, 1.165) is 22.1 Å². The van der Waals surface area contributed by atoms with Crippen LogP contribution in [0.2, 0.25) is 0 Å². The second kappa shape index (κ2) is 7.05. The monoisotopic (exact) mass is 341 g/mol. The molecule has 2 aromatic heterocycles. The molecule has 3 aromatic rings. The first kappa shape index (κ1) is 16.5. The fourth-order valence-corrected chi connectivity index (χ4v) is 3.36. The molecule has 0 aliphatic rings. The zero-order valence-corrected chi connectivity index (χ0v) is 14.6. The normalized spacial score (nSPS) is 11.1. The molecule has 124 valence electrons. The van der Waals surface area contributed by atoms with Gasteiger partial charge in [-0.15, -0.1) is 0 Å². The van der Waals surface area contributed by atoms with Crippen molar-refractivity contribution < 1.29 is 9.21 Å². The average molecular weight is 341 g/mol. The lowest BCUT2D eigenvalue weighted by Gasteiger charge is -2.20. The van der Waals surface area contributed by atoms with E-state index in [1.165, 1.54) is 18.1 Å². The Balaban J connectivity index is 1.83. The van der Waals surface area contributed by atoms with Crippen LogP contribution in [0.25, 0.3) is 22.1 Å². The van der Waals surface area contributed by atoms with Crippen molar-refractivity contribution in [3.8, 4) is 0 Å². The maximum atomic E-state index is 12.4. The third kappa shape index (κ3) is 3.28. The summed E-state index contributed by atoms with van der Waals surface area (Å²) >= 11 is 1.38. The predicted octanol–water partition coefficient (Wildman–Crippen LogP) is 3.89. The van der Waals surface area contributed by atoms with Crippen LogP contribution in [0.15, 0.2) is 52.2 Å². The molecule has 1 aromatic carbocycles. The molecular formula is C18H19N3O2S. The van der Waals surface area contributed by atoms with Gasteiger partial charge >= 0.3 is 0 Å². The first-order valence-corrected chi connectivity index (χ1v) is 8.76. The van der Waals surface area contributed by atoms with Gasteiger partial charge in [0.05, 0.1) is 5.75 Å². The highest BCUT2D eigenvalue weighted by Crippen LogP contribution is 2.32. The molecule has 0 spiro atoms. The van der Waals surface area contributed by atoms with Gasteiger partial charge in [-0.1, -0.05) is 36.0 Å². The maximum absolute atomic E-state index is 12.4. The van der Waals surface area contributed by atoms with Gasteiger partial charge in [0.1, 0.15) is 22.5 Å². The summed E-state index contributed by atoms with van der Waals surface area (Å²) in [5.41, 5.74) is 3.17. The van der Waals surface area contributed by atoms with E-state index in [4.69, 9.17) is 4.42 Å². The lowest BCUT2D eigenvalue weighted by molar-refractivity contribution is -0.127. The highest BCUT2D eigenvalue weighted by atomic mass is 32.2. The van der Waals surface area contributed by atoms with Crippen LogP contribution in [0, 0.1) is 0 Å². The number of thioether (sulfide) groups is 1. The summed E-state index contributed by atoms with van der Waals surface area (Å²) in [4.78, 5) is 22.8. The molecule has 0 N–H and O–H groups in total. The Labute approximate surface area is 144 Å². The highest BCUT2D eigenvalue weighted by molar-refractivity contribution is 8.00. The molecule has 0 aliphatic heterocycles. The zero-order chi connectivity index (χ0) is 17.1. The third-order valence-electron chi connectivity index (χ3n) is 3.65. The van der Waals surface area contributed by atoms with Gasteiger partial charge in [-0.25, -0.2) is 9.97 Å². The third-order valence-corrected chi connectivity index (χ3v) is 4.61. The van der Waals surface area contributed by atoms with Crippen molar-refractivity contribution in [3.63, 3.8) is 0 Å². The van der Waals surface area contributed by atoms with Crippen LogP contribution in [0.1, 0.15) is 13.8 Å². The molecule has 5 nitrogen and oxygen atoms in total. The summed E-state index contributed by atoms with van der Waals surface area (Å²) in [6.07, 6.45) is 1.52. The lowest BCUT2D eigenvalue weighted by Crippen LogP contribution is -2.33. The molecule has 0 saturated heterocycles. The summed E-state index contributed by atoms with van der Waals surface area (Å²) < 4.78 is 5.88. The second-order valence-electron chi connectivity index (χ2n) is 5.61. The average Bonchev–Trinajstić information content (AvgIpc) is 2.96. The predicted molar refractivity (Wildman–Crippen MR) is 97.1 cm³/mol. The minimum Gasteiger partial charge on any atom is -0.451 e.